The second-order valence-corrected chi connectivity index (χ2v) is 7.71. The minimum absolute atomic E-state index is 0.0546. The number of rotatable bonds is 3. The maximum Gasteiger partial charge on any atom is 0.152 e. The van der Waals surface area contributed by atoms with Crippen molar-refractivity contribution in [2.24, 2.45) is 4.99 Å². The Morgan fingerprint density at radius 1 is 0.926 bits per heavy atom. The zero-order chi connectivity index (χ0) is 19.0. The second-order valence-electron chi connectivity index (χ2n) is 7.23. The molecular weight excluding hydrogens is 364 g/mol. The average molecular weight is 387 g/mol. The number of nitrogens with zero attached hydrogens (tertiary/aromatic N) is 3. The Kier molecular flexibility index (Phi) is 5.08. The van der Waals surface area contributed by atoms with Gasteiger partial charge < -0.3 is 9.80 Å². The molecule has 2 saturated heterocycles. The van der Waals surface area contributed by atoms with Crippen LogP contribution in [0.2, 0.25) is 0 Å². The van der Waals surface area contributed by atoms with Crippen molar-refractivity contribution < 1.29 is 8.78 Å². The zero-order valence-electron chi connectivity index (χ0n) is 15.2. The number of halogens is 2. The number of aliphatic imine (C=N–C) groups is 1. The third-order valence-corrected chi connectivity index (χ3v) is 5.66. The van der Waals surface area contributed by atoms with Crippen LogP contribution in [0.15, 0.2) is 57.8 Å². The van der Waals surface area contributed by atoms with Crippen molar-refractivity contribution in [3.05, 3.63) is 53.8 Å². The number of thiol groups is 1. The van der Waals surface area contributed by atoms with E-state index in [0.29, 0.717) is 10.5 Å². The van der Waals surface area contributed by atoms with E-state index in [-0.39, 0.29) is 11.4 Å². The number of hydrogen-bond acceptors (Lipinski definition) is 4. The van der Waals surface area contributed by atoms with Gasteiger partial charge in [0.1, 0.15) is 11.4 Å². The van der Waals surface area contributed by atoms with Crippen LogP contribution in [0.5, 0.6) is 0 Å². The van der Waals surface area contributed by atoms with Crippen molar-refractivity contribution in [1.82, 2.24) is 4.90 Å². The summed E-state index contributed by atoms with van der Waals surface area (Å²) in [6, 6.07) is 3.26. The van der Waals surface area contributed by atoms with E-state index in [4.69, 9.17) is 0 Å². The van der Waals surface area contributed by atoms with Crippen molar-refractivity contribution in [2.45, 2.75) is 30.6 Å². The molecule has 1 aromatic carbocycles. The molecule has 0 atom stereocenters. The van der Waals surface area contributed by atoms with Gasteiger partial charge in [0.15, 0.2) is 11.6 Å². The lowest BCUT2D eigenvalue weighted by Crippen LogP contribution is -2.21. The molecule has 0 spiro atoms. The summed E-state index contributed by atoms with van der Waals surface area (Å²) in [5.74, 6) is -0.980. The van der Waals surface area contributed by atoms with Crippen LogP contribution in [0.4, 0.5) is 20.2 Å². The van der Waals surface area contributed by atoms with Crippen LogP contribution in [0.3, 0.4) is 0 Å². The molecular formula is C21H23F2N3S. The van der Waals surface area contributed by atoms with Crippen LogP contribution >= 0.6 is 12.6 Å². The van der Waals surface area contributed by atoms with Crippen molar-refractivity contribution in [2.75, 3.05) is 31.1 Å². The highest BCUT2D eigenvalue weighted by atomic mass is 32.1. The predicted molar refractivity (Wildman–Crippen MR) is 109 cm³/mol. The van der Waals surface area contributed by atoms with Gasteiger partial charge in [0.2, 0.25) is 0 Å². The molecule has 0 bridgehead atoms. The molecule has 6 heteroatoms. The number of benzene rings is 1. The summed E-state index contributed by atoms with van der Waals surface area (Å²) in [5, 5.41) is 0. The van der Waals surface area contributed by atoms with E-state index in [0.717, 1.165) is 63.2 Å². The molecule has 1 aliphatic carbocycles. The lowest BCUT2D eigenvalue weighted by atomic mass is 10.0. The molecule has 0 N–H and O–H groups in total. The summed E-state index contributed by atoms with van der Waals surface area (Å²) < 4.78 is 29.4. The highest BCUT2D eigenvalue weighted by molar-refractivity contribution is 7.80. The molecule has 1 aromatic rings. The standard InChI is InChI=1S/C21H23F2N3S/c1-14-10-15(25-6-2-3-7-25)11-17(22)20(14)24-21-18(23)12-16(13-19(21)27)26-8-4-5-9-26/h10-13,27H,1-9H2. The summed E-state index contributed by atoms with van der Waals surface area (Å²) in [4.78, 5) is 8.92. The van der Waals surface area contributed by atoms with Gasteiger partial charge in [0.25, 0.3) is 0 Å². The van der Waals surface area contributed by atoms with E-state index in [1.807, 2.05) is 6.08 Å². The van der Waals surface area contributed by atoms with Gasteiger partial charge in [-0.05, 0) is 55.5 Å². The molecule has 0 unspecified atom stereocenters. The average Bonchev–Trinajstić information content (AvgIpc) is 3.33. The molecule has 3 aliphatic rings. The first-order valence-corrected chi connectivity index (χ1v) is 9.87. The molecule has 0 amide bonds. The number of likely N-dealkylation sites (tertiary alicyclic amines) is 1. The minimum atomic E-state index is -0.494. The zero-order valence-corrected chi connectivity index (χ0v) is 16.1. The van der Waals surface area contributed by atoms with Gasteiger partial charge in [-0.1, -0.05) is 6.58 Å². The summed E-state index contributed by atoms with van der Waals surface area (Å²) in [6.07, 6.45) is 7.72. The van der Waals surface area contributed by atoms with Crippen molar-refractivity contribution in [1.29, 1.82) is 0 Å². The Morgan fingerprint density at radius 3 is 2.15 bits per heavy atom. The van der Waals surface area contributed by atoms with Crippen LogP contribution in [0, 0.1) is 5.82 Å². The number of allylic oxidation sites excluding steroid dienone is 4. The first-order valence-electron chi connectivity index (χ1n) is 9.42. The molecule has 0 saturated carbocycles. The highest BCUT2D eigenvalue weighted by Crippen LogP contribution is 2.35. The first-order chi connectivity index (χ1) is 13.0. The van der Waals surface area contributed by atoms with Crippen molar-refractivity contribution in [3.8, 4) is 0 Å². The van der Waals surface area contributed by atoms with E-state index >= 15 is 0 Å². The Labute approximate surface area is 164 Å². The van der Waals surface area contributed by atoms with E-state index in [2.05, 4.69) is 34.0 Å². The normalized spacial score (nSPS) is 21.9. The summed E-state index contributed by atoms with van der Waals surface area (Å²) in [7, 11) is 0. The molecule has 0 aromatic heterocycles. The summed E-state index contributed by atoms with van der Waals surface area (Å²) in [6.45, 7) is 7.60. The first kappa shape index (κ1) is 18.3. The molecule has 2 aliphatic heterocycles. The maximum absolute atomic E-state index is 14.7. The van der Waals surface area contributed by atoms with E-state index in [1.165, 1.54) is 12.1 Å². The number of anilines is 1. The fraction of sp³-hybridized carbons (Fsp3) is 0.381. The molecule has 4 rings (SSSR count). The van der Waals surface area contributed by atoms with Crippen LogP contribution in [0.1, 0.15) is 25.7 Å². The lowest BCUT2D eigenvalue weighted by Gasteiger charge is -2.23. The van der Waals surface area contributed by atoms with Gasteiger partial charge in [-0.15, -0.1) is 12.6 Å². The molecule has 3 nitrogen and oxygen atoms in total. The largest absolute Gasteiger partial charge is 0.371 e. The number of hydrogen-bond donors (Lipinski definition) is 1. The van der Waals surface area contributed by atoms with Crippen LogP contribution < -0.4 is 4.90 Å². The third-order valence-electron chi connectivity index (χ3n) is 5.32. The smallest absolute Gasteiger partial charge is 0.152 e. The molecule has 2 heterocycles. The lowest BCUT2D eigenvalue weighted by molar-refractivity contribution is 0.437. The van der Waals surface area contributed by atoms with Crippen molar-refractivity contribution in [3.63, 3.8) is 0 Å². The molecule has 27 heavy (non-hydrogen) atoms. The quantitative estimate of drug-likeness (QED) is 0.720. The van der Waals surface area contributed by atoms with Gasteiger partial charge in [-0.3, -0.25) is 0 Å². The van der Waals surface area contributed by atoms with Crippen LogP contribution in [-0.4, -0.2) is 36.8 Å². The van der Waals surface area contributed by atoms with Gasteiger partial charge in [0, 0.05) is 42.5 Å². The van der Waals surface area contributed by atoms with Crippen LogP contribution in [-0.2, 0) is 0 Å². The van der Waals surface area contributed by atoms with E-state index < -0.39 is 11.6 Å². The third kappa shape index (κ3) is 3.68. The van der Waals surface area contributed by atoms with E-state index in [9.17, 15) is 8.78 Å². The predicted octanol–water partition coefficient (Wildman–Crippen LogP) is 5.19. The Balaban J connectivity index is 1.63. The highest BCUT2D eigenvalue weighted by Gasteiger charge is 2.23. The fourth-order valence-electron chi connectivity index (χ4n) is 3.87. The molecule has 142 valence electrons. The van der Waals surface area contributed by atoms with Gasteiger partial charge >= 0.3 is 0 Å². The topological polar surface area (TPSA) is 18.8 Å². The molecule has 2 fully saturated rings. The van der Waals surface area contributed by atoms with Gasteiger partial charge in [0.05, 0.1) is 0 Å². The minimum Gasteiger partial charge on any atom is -0.371 e. The van der Waals surface area contributed by atoms with Gasteiger partial charge in [-0.2, -0.15) is 0 Å². The SMILES string of the molecule is C=C1C=C(N2CCCC2)C=C(F)C1=Nc1c(F)cc(N2CCCC2)cc1S. The monoisotopic (exact) mass is 387 g/mol. The molecule has 0 radical (unpaired) electrons. The Bertz CT molecular complexity index is 837. The van der Waals surface area contributed by atoms with Crippen molar-refractivity contribution >= 4 is 29.7 Å². The van der Waals surface area contributed by atoms with Gasteiger partial charge in [-0.25, -0.2) is 13.8 Å². The summed E-state index contributed by atoms with van der Waals surface area (Å²) in [5.41, 5.74) is 2.19. The van der Waals surface area contributed by atoms with Crippen LogP contribution in [0.25, 0.3) is 0 Å². The van der Waals surface area contributed by atoms with E-state index in [1.54, 1.807) is 6.07 Å². The summed E-state index contributed by atoms with van der Waals surface area (Å²) >= 11 is 4.41. The fourth-order valence-corrected chi connectivity index (χ4v) is 4.16. The maximum atomic E-state index is 14.7. The Hall–Kier alpha value is -2.08. The Morgan fingerprint density at radius 2 is 1.56 bits per heavy atom. The second kappa shape index (κ2) is 7.50.